The number of benzene rings is 4. The highest BCUT2D eigenvalue weighted by atomic mass is 32.2. The Kier molecular flexibility index (Phi) is 6.92. The lowest BCUT2D eigenvalue weighted by molar-refractivity contribution is -0.385. The van der Waals surface area contributed by atoms with Gasteiger partial charge in [-0.05, 0) is 28.3 Å². The molecule has 0 atom stereocenters. The van der Waals surface area contributed by atoms with Gasteiger partial charge in [0.05, 0.1) is 4.92 Å². The van der Waals surface area contributed by atoms with Crippen LogP contribution in [0.25, 0.3) is 22.3 Å². The van der Waals surface area contributed by atoms with Crippen molar-refractivity contribution in [1.29, 1.82) is 0 Å². The van der Waals surface area contributed by atoms with Crippen LogP contribution in [0.2, 0.25) is 0 Å². The summed E-state index contributed by atoms with van der Waals surface area (Å²) in [6, 6.07) is 33.8. The van der Waals surface area contributed by atoms with Crippen LogP contribution in [0.15, 0.2) is 114 Å². The molecule has 6 nitrogen and oxygen atoms in total. The molecule has 0 unspecified atom stereocenters. The lowest BCUT2D eigenvalue weighted by Crippen LogP contribution is -1.98. The Bertz CT molecular complexity index is 1220. The fourth-order valence-electron chi connectivity index (χ4n) is 2.98. The topological polar surface area (TPSA) is 97.5 Å². The van der Waals surface area contributed by atoms with E-state index in [1.165, 1.54) is 28.3 Å². The highest BCUT2D eigenvalue weighted by Crippen LogP contribution is 2.31. The molecule has 0 fully saturated rings. The van der Waals surface area contributed by atoms with Gasteiger partial charge in [0.2, 0.25) is 0 Å². The first-order chi connectivity index (χ1) is 14.9. The molecule has 31 heavy (non-hydrogen) atoms. The van der Waals surface area contributed by atoms with Crippen LogP contribution in [-0.2, 0) is 10.1 Å². The molecule has 0 aromatic heterocycles. The first-order valence-electron chi connectivity index (χ1n) is 9.28. The number of nitro benzene ring substituents is 1. The minimum absolute atomic E-state index is 0.380. The second kappa shape index (κ2) is 9.80. The summed E-state index contributed by atoms with van der Waals surface area (Å²) >= 11 is 0. The van der Waals surface area contributed by atoms with E-state index in [2.05, 4.69) is 84.9 Å². The molecule has 0 aliphatic rings. The van der Waals surface area contributed by atoms with E-state index >= 15 is 0 Å². The van der Waals surface area contributed by atoms with Crippen molar-refractivity contribution in [1.82, 2.24) is 0 Å². The Morgan fingerprint density at radius 1 is 0.645 bits per heavy atom. The Morgan fingerprint density at radius 2 is 1.10 bits per heavy atom. The molecule has 1 N–H and O–H groups in total. The highest BCUT2D eigenvalue weighted by Gasteiger charge is 2.13. The smallest absolute Gasteiger partial charge is 0.282 e. The van der Waals surface area contributed by atoms with E-state index in [0.717, 1.165) is 18.2 Å². The second-order valence-electron chi connectivity index (χ2n) is 6.51. The van der Waals surface area contributed by atoms with Gasteiger partial charge in [-0.2, -0.15) is 8.42 Å². The molecule has 4 rings (SSSR count). The summed E-state index contributed by atoms with van der Waals surface area (Å²) in [5, 5.41) is 10.2. The predicted molar refractivity (Wildman–Crippen MR) is 120 cm³/mol. The quantitative estimate of drug-likeness (QED) is 0.247. The number of hydrogen-bond acceptors (Lipinski definition) is 4. The molecule has 0 bridgehead atoms. The number of rotatable bonds is 4. The summed E-state index contributed by atoms with van der Waals surface area (Å²) in [7, 11) is -4.36. The molecule has 4 aromatic rings. The standard InChI is InChI=1S/C18H14.C6H5NO5S/c1-3-9-15(10-4-1)17-13-7-8-14-18(17)16-11-5-2-6-12-16;8-7(9)5-2-1-3-6(4-5)13(10,11)12/h1-14H;1-4H,(H,10,11,12). The van der Waals surface area contributed by atoms with Gasteiger partial charge in [-0.25, -0.2) is 0 Å². The zero-order valence-electron chi connectivity index (χ0n) is 16.3. The van der Waals surface area contributed by atoms with E-state index in [-0.39, 0.29) is 5.69 Å². The lowest BCUT2D eigenvalue weighted by atomic mass is 9.95. The number of nitrogens with zero attached hydrogens (tertiary/aromatic N) is 1. The summed E-state index contributed by atoms with van der Waals surface area (Å²) in [6.07, 6.45) is 0. The maximum atomic E-state index is 10.5. The molecule has 0 heterocycles. The van der Waals surface area contributed by atoms with Crippen molar-refractivity contribution in [2.45, 2.75) is 4.90 Å². The number of non-ortho nitro benzene ring substituents is 1. The molecule has 0 saturated heterocycles. The zero-order chi connectivity index (χ0) is 22.3. The molecule has 0 spiro atoms. The van der Waals surface area contributed by atoms with E-state index in [1.54, 1.807) is 0 Å². The summed E-state index contributed by atoms with van der Waals surface area (Å²) < 4.78 is 29.6. The Morgan fingerprint density at radius 3 is 1.52 bits per heavy atom. The van der Waals surface area contributed by atoms with Gasteiger partial charge in [-0.15, -0.1) is 0 Å². The van der Waals surface area contributed by atoms with E-state index in [1.807, 2.05) is 0 Å². The minimum Gasteiger partial charge on any atom is -0.282 e. The maximum absolute atomic E-state index is 10.5. The van der Waals surface area contributed by atoms with Gasteiger partial charge in [-0.1, -0.05) is 91.0 Å². The van der Waals surface area contributed by atoms with Gasteiger partial charge in [0.1, 0.15) is 4.90 Å². The summed E-state index contributed by atoms with van der Waals surface area (Å²) in [5.41, 5.74) is 4.71. The van der Waals surface area contributed by atoms with Crippen LogP contribution in [-0.4, -0.2) is 17.9 Å². The third-order valence-corrected chi connectivity index (χ3v) is 5.27. The van der Waals surface area contributed by atoms with E-state index in [4.69, 9.17) is 4.55 Å². The molecule has 4 aromatic carbocycles. The molecule has 0 aliphatic carbocycles. The zero-order valence-corrected chi connectivity index (χ0v) is 17.1. The second-order valence-corrected chi connectivity index (χ2v) is 7.93. The fraction of sp³-hybridized carbons (Fsp3) is 0. The molecule has 0 radical (unpaired) electrons. The van der Waals surface area contributed by atoms with Gasteiger partial charge in [-0.3, -0.25) is 14.7 Å². The van der Waals surface area contributed by atoms with Crippen molar-refractivity contribution in [3.63, 3.8) is 0 Å². The normalized spacial score (nSPS) is 10.6. The predicted octanol–water partition coefficient (Wildman–Crippen LogP) is 5.86. The van der Waals surface area contributed by atoms with Gasteiger partial charge in [0, 0.05) is 12.1 Å². The number of nitro groups is 1. The van der Waals surface area contributed by atoms with Crippen LogP contribution in [0.5, 0.6) is 0 Å². The van der Waals surface area contributed by atoms with Gasteiger partial charge < -0.3 is 0 Å². The van der Waals surface area contributed by atoms with Crippen molar-refractivity contribution in [3.05, 3.63) is 119 Å². The molecule has 0 amide bonds. The monoisotopic (exact) mass is 433 g/mol. The van der Waals surface area contributed by atoms with E-state index < -0.39 is 19.9 Å². The summed E-state index contributed by atoms with van der Waals surface area (Å²) in [4.78, 5) is 8.98. The molecular weight excluding hydrogens is 414 g/mol. The van der Waals surface area contributed by atoms with Crippen molar-refractivity contribution >= 4 is 15.8 Å². The van der Waals surface area contributed by atoms with Crippen molar-refractivity contribution in [2.75, 3.05) is 0 Å². The van der Waals surface area contributed by atoms with Crippen LogP contribution in [0.3, 0.4) is 0 Å². The Balaban J connectivity index is 0.000000187. The molecule has 0 aliphatic heterocycles. The Hall–Kier alpha value is -3.81. The molecular formula is C24H19NO5S. The highest BCUT2D eigenvalue weighted by molar-refractivity contribution is 7.85. The van der Waals surface area contributed by atoms with E-state index in [9.17, 15) is 18.5 Å². The average molecular weight is 433 g/mol. The SMILES string of the molecule is O=[N+]([O-])c1cccc(S(=O)(=O)O)c1.c1ccc(-c2ccccc2-c2ccccc2)cc1. The minimum atomic E-state index is -4.36. The van der Waals surface area contributed by atoms with Gasteiger partial charge in [0.25, 0.3) is 15.8 Å². The lowest BCUT2D eigenvalue weighted by Gasteiger charge is -2.09. The van der Waals surface area contributed by atoms with Gasteiger partial charge in [0.15, 0.2) is 0 Å². The third-order valence-electron chi connectivity index (χ3n) is 4.42. The van der Waals surface area contributed by atoms with Crippen LogP contribution in [0.1, 0.15) is 0 Å². The van der Waals surface area contributed by atoms with Crippen LogP contribution in [0, 0.1) is 10.1 Å². The van der Waals surface area contributed by atoms with Crippen molar-refractivity contribution in [2.24, 2.45) is 0 Å². The van der Waals surface area contributed by atoms with Crippen molar-refractivity contribution < 1.29 is 17.9 Å². The first-order valence-corrected chi connectivity index (χ1v) is 10.7. The molecule has 156 valence electrons. The maximum Gasteiger partial charge on any atom is 0.294 e. The fourth-order valence-corrected chi connectivity index (χ4v) is 3.50. The molecule has 7 heteroatoms. The van der Waals surface area contributed by atoms with Crippen molar-refractivity contribution in [3.8, 4) is 22.3 Å². The Labute approximate surface area is 180 Å². The van der Waals surface area contributed by atoms with E-state index in [0.29, 0.717) is 0 Å². The molecule has 0 saturated carbocycles. The summed E-state index contributed by atoms with van der Waals surface area (Å²) in [6.45, 7) is 0. The van der Waals surface area contributed by atoms with Crippen LogP contribution >= 0.6 is 0 Å². The third kappa shape index (κ3) is 5.85. The van der Waals surface area contributed by atoms with Crippen LogP contribution < -0.4 is 0 Å². The van der Waals surface area contributed by atoms with Crippen LogP contribution in [0.4, 0.5) is 5.69 Å². The number of hydrogen-bond donors (Lipinski definition) is 1. The average Bonchev–Trinajstić information content (AvgIpc) is 2.80. The summed E-state index contributed by atoms with van der Waals surface area (Å²) in [5.74, 6) is 0. The van der Waals surface area contributed by atoms with Gasteiger partial charge >= 0.3 is 0 Å². The largest absolute Gasteiger partial charge is 0.294 e. The first kappa shape index (κ1) is 21.9.